The van der Waals surface area contributed by atoms with Crippen molar-refractivity contribution in [2.45, 2.75) is 51.7 Å². The number of methoxy groups -OCH3 is 1. The molecular formula is C16H25N3O5. The topological polar surface area (TPSA) is 124 Å². The fourth-order valence-electron chi connectivity index (χ4n) is 2.03. The number of nitrogens with zero attached hydrogens (tertiary/aromatic N) is 1. The molecule has 8 nitrogen and oxygen atoms in total. The van der Waals surface area contributed by atoms with Crippen LogP contribution in [0.25, 0.3) is 0 Å². The first-order chi connectivity index (χ1) is 11.1. The Hall–Kier alpha value is -2.51. The van der Waals surface area contributed by atoms with Gasteiger partial charge in [-0.2, -0.15) is 0 Å². The van der Waals surface area contributed by atoms with Crippen LogP contribution in [0.1, 0.15) is 39.3 Å². The number of ether oxygens (including phenoxy) is 2. The van der Waals surface area contributed by atoms with Gasteiger partial charge >= 0.3 is 12.1 Å². The molecule has 0 bridgehead atoms. The van der Waals surface area contributed by atoms with Crippen molar-refractivity contribution in [1.29, 1.82) is 0 Å². The van der Waals surface area contributed by atoms with Crippen molar-refractivity contribution in [1.82, 2.24) is 10.3 Å². The minimum Gasteiger partial charge on any atom is -0.495 e. The summed E-state index contributed by atoms with van der Waals surface area (Å²) in [6, 6.07) is 0.635. The molecule has 24 heavy (non-hydrogen) atoms. The molecule has 0 aliphatic carbocycles. The summed E-state index contributed by atoms with van der Waals surface area (Å²) in [5.41, 5.74) is 6.14. The predicted octanol–water partition coefficient (Wildman–Crippen LogP) is 1.97. The van der Waals surface area contributed by atoms with Crippen molar-refractivity contribution in [3.8, 4) is 5.75 Å². The van der Waals surface area contributed by atoms with Crippen molar-refractivity contribution in [3.05, 3.63) is 18.0 Å². The molecule has 1 atom stereocenters. The number of rotatable bonds is 7. The Morgan fingerprint density at radius 3 is 2.62 bits per heavy atom. The van der Waals surface area contributed by atoms with Gasteiger partial charge in [-0.1, -0.05) is 0 Å². The van der Waals surface area contributed by atoms with Crippen molar-refractivity contribution in [2.24, 2.45) is 0 Å². The number of aliphatic carboxylic acids is 1. The third kappa shape index (κ3) is 6.72. The average molecular weight is 339 g/mol. The molecule has 0 aliphatic rings. The number of carboxylic acids is 1. The van der Waals surface area contributed by atoms with Crippen LogP contribution in [0, 0.1) is 0 Å². The summed E-state index contributed by atoms with van der Waals surface area (Å²) >= 11 is 0. The second-order valence-corrected chi connectivity index (χ2v) is 6.35. The number of nitrogens with one attached hydrogen (secondary N) is 1. The van der Waals surface area contributed by atoms with Crippen LogP contribution in [0.4, 0.5) is 10.5 Å². The summed E-state index contributed by atoms with van der Waals surface area (Å²) in [4.78, 5) is 27.2. The van der Waals surface area contributed by atoms with Gasteiger partial charge in [-0.25, -0.2) is 9.59 Å². The van der Waals surface area contributed by atoms with E-state index < -0.39 is 23.7 Å². The Balaban J connectivity index is 2.59. The minimum absolute atomic E-state index is 0.240. The quantitative estimate of drug-likeness (QED) is 0.693. The van der Waals surface area contributed by atoms with E-state index in [1.807, 2.05) is 0 Å². The van der Waals surface area contributed by atoms with E-state index in [9.17, 15) is 14.7 Å². The van der Waals surface area contributed by atoms with Crippen LogP contribution in [-0.2, 0) is 16.0 Å². The number of hydrogen-bond acceptors (Lipinski definition) is 6. The van der Waals surface area contributed by atoms with Gasteiger partial charge in [-0.05, 0) is 40.0 Å². The maximum Gasteiger partial charge on any atom is 0.408 e. The minimum atomic E-state index is -1.11. The molecule has 0 aliphatic heterocycles. The van der Waals surface area contributed by atoms with Gasteiger partial charge in [0.05, 0.1) is 24.7 Å². The molecule has 1 amide bonds. The summed E-state index contributed by atoms with van der Waals surface area (Å²) < 4.78 is 10.3. The highest BCUT2D eigenvalue weighted by molar-refractivity contribution is 5.79. The first-order valence-electron chi connectivity index (χ1n) is 7.63. The smallest absolute Gasteiger partial charge is 0.408 e. The molecule has 4 N–H and O–H groups in total. The lowest BCUT2D eigenvalue weighted by atomic mass is 10.1. The number of pyridine rings is 1. The van der Waals surface area contributed by atoms with E-state index in [1.54, 1.807) is 26.8 Å². The number of hydrogen-bond donors (Lipinski definition) is 3. The molecular weight excluding hydrogens is 314 g/mol. The number of aryl methyl sites for hydroxylation is 1. The highest BCUT2D eigenvalue weighted by Gasteiger charge is 2.23. The van der Waals surface area contributed by atoms with Crippen LogP contribution in [0.3, 0.4) is 0 Å². The second kappa shape index (κ2) is 8.37. The standard InChI is InChI=1S/C16H25N3O5/c1-16(2,3)24-15(22)19-12(14(20)21)7-5-6-11-13(23-4)8-10(17)9-18-11/h8-9,12H,5-7,17H2,1-4H3,(H,19,22)(H,20,21). The summed E-state index contributed by atoms with van der Waals surface area (Å²) in [7, 11) is 1.52. The lowest BCUT2D eigenvalue weighted by Crippen LogP contribution is -2.43. The third-order valence-corrected chi connectivity index (χ3v) is 3.07. The summed E-state index contributed by atoms with van der Waals surface area (Å²) in [6.07, 6.45) is 2.01. The Labute approximate surface area is 141 Å². The number of aromatic nitrogens is 1. The highest BCUT2D eigenvalue weighted by Crippen LogP contribution is 2.20. The van der Waals surface area contributed by atoms with Gasteiger partial charge in [-0.15, -0.1) is 0 Å². The van der Waals surface area contributed by atoms with Crippen LogP contribution < -0.4 is 15.8 Å². The van der Waals surface area contributed by atoms with Gasteiger partial charge in [0.25, 0.3) is 0 Å². The Morgan fingerprint density at radius 1 is 1.42 bits per heavy atom. The number of amides is 1. The number of nitrogens with two attached hydrogens (primary N) is 1. The van der Waals surface area contributed by atoms with E-state index in [-0.39, 0.29) is 6.42 Å². The maximum absolute atomic E-state index is 11.7. The lowest BCUT2D eigenvalue weighted by Gasteiger charge is -2.22. The zero-order chi connectivity index (χ0) is 18.3. The van der Waals surface area contributed by atoms with Gasteiger partial charge < -0.3 is 25.6 Å². The van der Waals surface area contributed by atoms with E-state index >= 15 is 0 Å². The predicted molar refractivity (Wildman–Crippen MR) is 88.9 cm³/mol. The van der Waals surface area contributed by atoms with Crippen LogP contribution in [0.2, 0.25) is 0 Å². The third-order valence-electron chi connectivity index (χ3n) is 3.07. The van der Waals surface area contributed by atoms with Crippen LogP contribution in [-0.4, -0.2) is 40.9 Å². The summed E-state index contributed by atoms with van der Waals surface area (Å²) in [5.74, 6) is -0.555. The molecule has 0 radical (unpaired) electrons. The SMILES string of the molecule is COc1cc(N)cnc1CCCC(NC(=O)OC(C)(C)C)C(=O)O. The number of carboxylic acid groups (broad SMARTS) is 1. The molecule has 0 aromatic carbocycles. The van der Waals surface area contributed by atoms with Crippen molar-refractivity contribution < 1.29 is 24.2 Å². The number of anilines is 1. The highest BCUT2D eigenvalue weighted by atomic mass is 16.6. The van der Waals surface area contributed by atoms with Crippen LogP contribution >= 0.6 is 0 Å². The Kier molecular flexibility index (Phi) is 6.82. The lowest BCUT2D eigenvalue weighted by molar-refractivity contribution is -0.139. The maximum atomic E-state index is 11.7. The molecule has 1 aromatic heterocycles. The summed E-state index contributed by atoms with van der Waals surface area (Å²) in [5, 5.41) is 11.6. The van der Waals surface area contributed by atoms with E-state index in [0.29, 0.717) is 30.0 Å². The van der Waals surface area contributed by atoms with E-state index in [2.05, 4.69) is 10.3 Å². The van der Waals surface area contributed by atoms with Gasteiger partial charge in [-0.3, -0.25) is 4.98 Å². The van der Waals surface area contributed by atoms with Crippen molar-refractivity contribution in [3.63, 3.8) is 0 Å². The van der Waals surface area contributed by atoms with Crippen LogP contribution in [0.15, 0.2) is 12.3 Å². The molecule has 8 heteroatoms. The fraction of sp³-hybridized carbons (Fsp3) is 0.562. The molecule has 134 valence electrons. The van der Waals surface area contributed by atoms with Gasteiger partial charge in [0.2, 0.25) is 0 Å². The Bertz CT molecular complexity index is 584. The zero-order valence-corrected chi connectivity index (χ0v) is 14.5. The number of nitrogen functional groups attached to an aromatic ring is 1. The molecule has 0 spiro atoms. The largest absolute Gasteiger partial charge is 0.495 e. The van der Waals surface area contributed by atoms with Crippen molar-refractivity contribution >= 4 is 17.7 Å². The molecule has 1 aromatic rings. The Morgan fingerprint density at radius 2 is 2.08 bits per heavy atom. The number of carbonyl (C=O) groups excluding carboxylic acids is 1. The normalized spacial score (nSPS) is 12.3. The van der Waals surface area contributed by atoms with Gasteiger partial charge in [0, 0.05) is 6.07 Å². The van der Waals surface area contributed by atoms with Gasteiger partial charge in [0.15, 0.2) is 0 Å². The summed E-state index contributed by atoms with van der Waals surface area (Å²) in [6.45, 7) is 5.13. The number of carbonyl (C=O) groups is 2. The molecule has 1 unspecified atom stereocenters. The molecule has 0 saturated carbocycles. The average Bonchev–Trinajstić information content (AvgIpc) is 2.45. The second-order valence-electron chi connectivity index (χ2n) is 6.35. The molecule has 1 heterocycles. The molecule has 0 saturated heterocycles. The molecule has 0 fully saturated rings. The van der Waals surface area contributed by atoms with E-state index in [4.69, 9.17) is 15.2 Å². The first-order valence-corrected chi connectivity index (χ1v) is 7.63. The monoisotopic (exact) mass is 339 g/mol. The van der Waals surface area contributed by atoms with E-state index in [0.717, 1.165) is 0 Å². The molecule has 1 rings (SSSR count). The van der Waals surface area contributed by atoms with Gasteiger partial charge in [0.1, 0.15) is 17.4 Å². The van der Waals surface area contributed by atoms with E-state index in [1.165, 1.54) is 13.3 Å². The number of alkyl carbamates (subject to hydrolysis) is 1. The first kappa shape index (κ1) is 19.5. The zero-order valence-electron chi connectivity index (χ0n) is 14.5. The fourth-order valence-corrected chi connectivity index (χ4v) is 2.03. The van der Waals surface area contributed by atoms with Crippen LogP contribution in [0.5, 0.6) is 5.75 Å². The van der Waals surface area contributed by atoms with Crippen molar-refractivity contribution in [2.75, 3.05) is 12.8 Å².